The van der Waals surface area contributed by atoms with E-state index >= 15 is 0 Å². The van der Waals surface area contributed by atoms with Crippen LogP contribution >= 0.6 is 11.6 Å². The van der Waals surface area contributed by atoms with Gasteiger partial charge >= 0.3 is 0 Å². The van der Waals surface area contributed by atoms with Crippen molar-refractivity contribution in [3.8, 4) is 0 Å². The minimum absolute atomic E-state index is 0.660. The molecule has 0 radical (unpaired) electrons. The van der Waals surface area contributed by atoms with Gasteiger partial charge in [0.25, 0.3) is 0 Å². The van der Waals surface area contributed by atoms with E-state index in [-0.39, 0.29) is 0 Å². The highest BCUT2D eigenvalue weighted by atomic mass is 35.5. The van der Waals surface area contributed by atoms with Crippen molar-refractivity contribution >= 4 is 17.3 Å². The van der Waals surface area contributed by atoms with Crippen LogP contribution in [-0.2, 0) is 4.74 Å². The molecule has 0 spiro atoms. The molecular weight excluding hydrogens is 236 g/mol. The lowest BCUT2D eigenvalue weighted by atomic mass is 9.98. The summed E-state index contributed by atoms with van der Waals surface area (Å²) in [4.78, 5) is 4.31. The van der Waals surface area contributed by atoms with Gasteiger partial charge in [-0.05, 0) is 18.9 Å². The molecule has 0 fully saturated rings. The molecular formula is C13H15ClN2O. The maximum absolute atomic E-state index is 6.04. The molecule has 2 rings (SSSR count). The van der Waals surface area contributed by atoms with E-state index in [1.54, 1.807) is 0 Å². The molecule has 0 bridgehead atoms. The standard InChI is InChI=1S/C13H15ClN2O/c1-3-15-13-11(8-16-12(13)9(2)14)10-4-6-17-7-5-10/h3-4,8,16H,1,5-7H2,2H3/b12-9-,15-13-. The van der Waals surface area contributed by atoms with Gasteiger partial charge in [-0.15, -0.1) is 0 Å². The van der Waals surface area contributed by atoms with E-state index in [9.17, 15) is 0 Å². The number of rotatable bonds is 2. The van der Waals surface area contributed by atoms with E-state index in [1.165, 1.54) is 11.8 Å². The Kier molecular flexibility index (Phi) is 3.82. The zero-order valence-electron chi connectivity index (χ0n) is 9.79. The van der Waals surface area contributed by atoms with Crippen LogP contribution in [0.2, 0.25) is 0 Å². The summed E-state index contributed by atoms with van der Waals surface area (Å²) in [5, 5.41) is 3.86. The van der Waals surface area contributed by atoms with Crippen LogP contribution < -0.4 is 5.32 Å². The van der Waals surface area contributed by atoms with Crippen LogP contribution in [0.25, 0.3) is 0 Å². The van der Waals surface area contributed by atoms with Crippen molar-refractivity contribution in [3.05, 3.63) is 46.9 Å². The van der Waals surface area contributed by atoms with Crippen molar-refractivity contribution in [3.63, 3.8) is 0 Å². The van der Waals surface area contributed by atoms with E-state index in [0.717, 1.165) is 30.0 Å². The number of halogens is 1. The van der Waals surface area contributed by atoms with Crippen LogP contribution in [0.15, 0.2) is 51.9 Å². The van der Waals surface area contributed by atoms with Crippen molar-refractivity contribution in [2.24, 2.45) is 4.99 Å². The van der Waals surface area contributed by atoms with Crippen LogP contribution in [0, 0.1) is 0 Å². The van der Waals surface area contributed by atoms with E-state index in [0.29, 0.717) is 11.6 Å². The Balaban J connectivity index is 2.36. The van der Waals surface area contributed by atoms with Crippen molar-refractivity contribution in [1.29, 1.82) is 0 Å². The molecule has 0 aliphatic carbocycles. The first kappa shape index (κ1) is 12.1. The maximum atomic E-state index is 6.04. The van der Waals surface area contributed by atoms with Gasteiger partial charge in [0.05, 0.1) is 24.6 Å². The van der Waals surface area contributed by atoms with Crippen LogP contribution in [0.1, 0.15) is 13.3 Å². The first-order valence-corrected chi connectivity index (χ1v) is 5.91. The van der Waals surface area contributed by atoms with Crippen molar-refractivity contribution in [1.82, 2.24) is 5.32 Å². The fourth-order valence-corrected chi connectivity index (χ4v) is 2.06. The molecule has 0 saturated heterocycles. The maximum Gasteiger partial charge on any atom is 0.0965 e. The van der Waals surface area contributed by atoms with Gasteiger partial charge in [0.15, 0.2) is 0 Å². The third-order valence-electron chi connectivity index (χ3n) is 2.73. The predicted octanol–water partition coefficient (Wildman–Crippen LogP) is 2.88. The molecule has 0 atom stereocenters. The predicted molar refractivity (Wildman–Crippen MR) is 70.9 cm³/mol. The van der Waals surface area contributed by atoms with Gasteiger partial charge in [-0.25, -0.2) is 0 Å². The first-order chi connectivity index (χ1) is 8.24. The lowest BCUT2D eigenvalue weighted by molar-refractivity contribution is 0.155. The molecule has 0 amide bonds. The van der Waals surface area contributed by atoms with Crippen LogP contribution in [0.5, 0.6) is 0 Å². The normalized spacial score (nSPS) is 25.2. The lowest BCUT2D eigenvalue weighted by Gasteiger charge is -2.14. The second-order valence-electron chi connectivity index (χ2n) is 3.83. The van der Waals surface area contributed by atoms with Gasteiger partial charge in [-0.3, -0.25) is 4.99 Å². The van der Waals surface area contributed by atoms with Crippen molar-refractivity contribution < 1.29 is 4.74 Å². The Hall–Kier alpha value is -1.32. The number of allylic oxidation sites excluding steroid dienone is 2. The Morgan fingerprint density at radius 2 is 2.47 bits per heavy atom. The van der Waals surface area contributed by atoms with E-state index in [1.807, 2.05) is 13.1 Å². The molecule has 1 N–H and O–H groups in total. The number of hydrogen-bond acceptors (Lipinski definition) is 3. The molecule has 17 heavy (non-hydrogen) atoms. The monoisotopic (exact) mass is 250 g/mol. The lowest BCUT2D eigenvalue weighted by Crippen LogP contribution is -2.12. The summed E-state index contributed by atoms with van der Waals surface area (Å²) < 4.78 is 5.31. The molecule has 2 aliphatic heterocycles. The summed E-state index contributed by atoms with van der Waals surface area (Å²) in [5.41, 5.74) is 4.05. The van der Waals surface area contributed by atoms with Crippen LogP contribution in [-0.4, -0.2) is 18.9 Å². The molecule has 0 aromatic carbocycles. The third kappa shape index (κ3) is 2.51. The van der Waals surface area contributed by atoms with Gasteiger partial charge in [0.2, 0.25) is 0 Å². The fraction of sp³-hybridized carbons (Fsp3) is 0.308. The molecule has 0 aromatic heterocycles. The number of nitrogens with zero attached hydrogens (tertiary/aromatic N) is 1. The quantitative estimate of drug-likeness (QED) is 0.818. The molecule has 4 heteroatoms. The summed E-state index contributed by atoms with van der Waals surface area (Å²) in [7, 11) is 0. The van der Waals surface area contributed by atoms with E-state index < -0.39 is 0 Å². The molecule has 0 saturated carbocycles. The van der Waals surface area contributed by atoms with Gasteiger partial charge in [0.1, 0.15) is 0 Å². The minimum Gasteiger partial charge on any atom is -0.377 e. The highest BCUT2D eigenvalue weighted by Crippen LogP contribution is 2.27. The summed E-state index contributed by atoms with van der Waals surface area (Å²) in [6, 6.07) is 0. The Labute approximate surface area is 106 Å². The van der Waals surface area contributed by atoms with Gasteiger partial charge < -0.3 is 10.1 Å². The van der Waals surface area contributed by atoms with Crippen molar-refractivity contribution in [2.75, 3.05) is 13.2 Å². The second kappa shape index (κ2) is 5.34. The topological polar surface area (TPSA) is 33.6 Å². The Bertz CT molecular complexity index is 454. The Morgan fingerprint density at radius 3 is 3.06 bits per heavy atom. The van der Waals surface area contributed by atoms with Crippen LogP contribution in [0.3, 0.4) is 0 Å². The summed E-state index contributed by atoms with van der Waals surface area (Å²) in [5.74, 6) is 0. The smallest absolute Gasteiger partial charge is 0.0965 e. The molecule has 90 valence electrons. The summed E-state index contributed by atoms with van der Waals surface area (Å²) >= 11 is 6.04. The van der Waals surface area contributed by atoms with Gasteiger partial charge in [0, 0.05) is 23.0 Å². The molecule has 0 unspecified atom stereocenters. The average Bonchev–Trinajstić information content (AvgIpc) is 2.75. The van der Waals surface area contributed by atoms with Gasteiger partial charge in [-0.1, -0.05) is 24.3 Å². The number of ether oxygens (including phenoxy) is 1. The molecule has 2 aliphatic rings. The Morgan fingerprint density at radius 1 is 1.65 bits per heavy atom. The van der Waals surface area contributed by atoms with Gasteiger partial charge in [-0.2, -0.15) is 0 Å². The molecule has 2 heterocycles. The van der Waals surface area contributed by atoms with Crippen molar-refractivity contribution in [2.45, 2.75) is 13.3 Å². The largest absolute Gasteiger partial charge is 0.377 e. The first-order valence-electron chi connectivity index (χ1n) is 5.53. The highest BCUT2D eigenvalue weighted by Gasteiger charge is 2.23. The zero-order chi connectivity index (χ0) is 12.3. The zero-order valence-corrected chi connectivity index (χ0v) is 10.5. The average molecular weight is 251 g/mol. The molecule has 0 aromatic rings. The fourth-order valence-electron chi connectivity index (χ4n) is 1.92. The summed E-state index contributed by atoms with van der Waals surface area (Å²) in [6.07, 6.45) is 6.47. The third-order valence-corrected chi connectivity index (χ3v) is 2.92. The number of aliphatic imine (C=N–C) groups is 1. The molecule has 3 nitrogen and oxygen atoms in total. The summed E-state index contributed by atoms with van der Waals surface area (Å²) in [6.45, 7) is 6.90. The van der Waals surface area contributed by atoms with Crippen LogP contribution in [0.4, 0.5) is 0 Å². The highest BCUT2D eigenvalue weighted by molar-refractivity contribution is 6.33. The number of nitrogens with one attached hydrogen (secondary N) is 1. The second-order valence-corrected chi connectivity index (χ2v) is 4.39. The van der Waals surface area contributed by atoms with E-state index in [4.69, 9.17) is 16.3 Å². The minimum atomic E-state index is 0.660. The SMILES string of the molecule is C=C/N=C1/C(C2=CCOCC2)=CN/C1=C(/C)Cl. The number of hydrogen-bond donors (Lipinski definition) is 1. The van der Waals surface area contributed by atoms with E-state index in [2.05, 4.69) is 23.0 Å².